The van der Waals surface area contributed by atoms with Crippen LogP contribution in [-0.4, -0.2) is 38.4 Å². The summed E-state index contributed by atoms with van der Waals surface area (Å²) in [7, 11) is 6.41. The van der Waals surface area contributed by atoms with E-state index in [4.69, 9.17) is 18.9 Å². The molecule has 152 valence electrons. The van der Waals surface area contributed by atoms with Crippen LogP contribution in [0.1, 0.15) is 5.69 Å². The molecule has 0 bridgehead atoms. The number of rotatable bonds is 8. The highest BCUT2D eigenvalue weighted by Crippen LogP contribution is 2.32. The first-order chi connectivity index (χ1) is 14.1. The lowest BCUT2D eigenvalue weighted by Crippen LogP contribution is -2.04. The Balaban J connectivity index is 1.87. The highest BCUT2D eigenvalue weighted by molar-refractivity contribution is 5.67. The van der Waals surface area contributed by atoms with Crippen molar-refractivity contribution < 1.29 is 18.9 Å². The van der Waals surface area contributed by atoms with Crippen molar-refractivity contribution in [2.24, 2.45) is 0 Å². The SMILES string of the molecule is COc1ccc(OC)c(Nc2nc(C)cc(Nc3ccc(OC)c(OC)c3)n2)c1. The Bertz CT molecular complexity index is 994. The minimum absolute atomic E-state index is 0.430. The summed E-state index contributed by atoms with van der Waals surface area (Å²) >= 11 is 0. The van der Waals surface area contributed by atoms with Gasteiger partial charge in [0.25, 0.3) is 0 Å². The lowest BCUT2D eigenvalue weighted by atomic mass is 10.2. The van der Waals surface area contributed by atoms with Crippen molar-refractivity contribution in [3.05, 3.63) is 48.2 Å². The van der Waals surface area contributed by atoms with Crippen molar-refractivity contribution in [2.45, 2.75) is 6.92 Å². The molecule has 3 aromatic rings. The minimum atomic E-state index is 0.430. The molecule has 0 aliphatic heterocycles. The number of aryl methyl sites for hydroxylation is 1. The first-order valence-electron chi connectivity index (χ1n) is 8.90. The van der Waals surface area contributed by atoms with Crippen LogP contribution in [0, 0.1) is 6.92 Å². The zero-order valence-corrected chi connectivity index (χ0v) is 17.1. The third-order valence-electron chi connectivity index (χ3n) is 4.16. The maximum absolute atomic E-state index is 5.41. The van der Waals surface area contributed by atoms with E-state index in [1.54, 1.807) is 28.4 Å². The monoisotopic (exact) mass is 396 g/mol. The van der Waals surface area contributed by atoms with Crippen LogP contribution >= 0.6 is 0 Å². The lowest BCUT2D eigenvalue weighted by Gasteiger charge is -2.14. The fourth-order valence-corrected chi connectivity index (χ4v) is 2.78. The molecule has 0 fully saturated rings. The van der Waals surface area contributed by atoms with Gasteiger partial charge in [-0.05, 0) is 31.2 Å². The quantitative estimate of drug-likeness (QED) is 0.583. The molecule has 29 heavy (non-hydrogen) atoms. The first kappa shape index (κ1) is 20.1. The van der Waals surface area contributed by atoms with E-state index in [-0.39, 0.29) is 0 Å². The molecule has 8 nitrogen and oxygen atoms in total. The molecule has 1 heterocycles. The Kier molecular flexibility index (Phi) is 6.23. The second-order valence-corrected chi connectivity index (χ2v) is 6.10. The van der Waals surface area contributed by atoms with Gasteiger partial charge in [-0.25, -0.2) is 4.98 Å². The predicted octanol–water partition coefficient (Wildman–Crippen LogP) is 4.31. The normalized spacial score (nSPS) is 10.2. The number of benzene rings is 2. The van der Waals surface area contributed by atoms with Gasteiger partial charge in [0.05, 0.1) is 34.1 Å². The third-order valence-corrected chi connectivity index (χ3v) is 4.16. The van der Waals surface area contributed by atoms with Crippen LogP contribution in [0.2, 0.25) is 0 Å². The lowest BCUT2D eigenvalue weighted by molar-refractivity contribution is 0.355. The van der Waals surface area contributed by atoms with Gasteiger partial charge in [0.2, 0.25) is 5.95 Å². The Morgan fingerprint density at radius 3 is 2.10 bits per heavy atom. The number of hydrogen-bond acceptors (Lipinski definition) is 8. The van der Waals surface area contributed by atoms with E-state index in [1.165, 1.54) is 0 Å². The summed E-state index contributed by atoms with van der Waals surface area (Å²) < 4.78 is 21.3. The third kappa shape index (κ3) is 4.78. The average molecular weight is 396 g/mol. The van der Waals surface area contributed by atoms with Crippen LogP contribution in [-0.2, 0) is 0 Å². The molecular weight excluding hydrogens is 372 g/mol. The van der Waals surface area contributed by atoms with Crippen molar-refractivity contribution in [1.29, 1.82) is 0 Å². The van der Waals surface area contributed by atoms with Crippen molar-refractivity contribution in [3.8, 4) is 23.0 Å². The van der Waals surface area contributed by atoms with E-state index in [0.29, 0.717) is 40.5 Å². The van der Waals surface area contributed by atoms with E-state index >= 15 is 0 Å². The number of aromatic nitrogens is 2. The van der Waals surface area contributed by atoms with Gasteiger partial charge in [-0.3, -0.25) is 0 Å². The molecule has 0 amide bonds. The Morgan fingerprint density at radius 1 is 0.690 bits per heavy atom. The molecule has 0 radical (unpaired) electrons. The number of nitrogens with one attached hydrogen (secondary N) is 2. The molecule has 1 aromatic heterocycles. The number of hydrogen-bond donors (Lipinski definition) is 2. The zero-order valence-electron chi connectivity index (χ0n) is 17.1. The topological polar surface area (TPSA) is 86.8 Å². The maximum atomic E-state index is 5.41. The van der Waals surface area contributed by atoms with Crippen LogP contribution in [0.3, 0.4) is 0 Å². The summed E-state index contributed by atoms with van der Waals surface area (Å²) in [5.41, 5.74) is 2.31. The van der Waals surface area contributed by atoms with Crippen LogP contribution in [0.4, 0.5) is 23.1 Å². The van der Waals surface area contributed by atoms with E-state index < -0.39 is 0 Å². The molecule has 0 spiro atoms. The van der Waals surface area contributed by atoms with Crippen molar-refractivity contribution in [2.75, 3.05) is 39.1 Å². The molecule has 0 atom stereocenters. The number of nitrogens with zero attached hydrogens (tertiary/aromatic N) is 2. The number of anilines is 4. The maximum Gasteiger partial charge on any atom is 0.229 e. The van der Waals surface area contributed by atoms with Gasteiger partial charge in [0.15, 0.2) is 11.5 Å². The van der Waals surface area contributed by atoms with E-state index in [9.17, 15) is 0 Å². The van der Waals surface area contributed by atoms with Crippen LogP contribution in [0.5, 0.6) is 23.0 Å². The molecule has 0 unspecified atom stereocenters. The van der Waals surface area contributed by atoms with E-state index in [0.717, 1.165) is 11.4 Å². The van der Waals surface area contributed by atoms with Crippen LogP contribution in [0.25, 0.3) is 0 Å². The second-order valence-electron chi connectivity index (χ2n) is 6.10. The van der Waals surface area contributed by atoms with Gasteiger partial charge >= 0.3 is 0 Å². The molecule has 2 aromatic carbocycles. The molecule has 0 saturated carbocycles. The summed E-state index contributed by atoms with van der Waals surface area (Å²) in [5, 5.41) is 6.46. The summed E-state index contributed by atoms with van der Waals surface area (Å²) in [6.45, 7) is 1.90. The Labute approximate surface area is 169 Å². The fourth-order valence-electron chi connectivity index (χ4n) is 2.78. The van der Waals surface area contributed by atoms with Crippen molar-refractivity contribution >= 4 is 23.1 Å². The highest BCUT2D eigenvalue weighted by Gasteiger charge is 2.10. The highest BCUT2D eigenvalue weighted by atomic mass is 16.5. The van der Waals surface area contributed by atoms with Gasteiger partial charge in [0.1, 0.15) is 17.3 Å². The van der Waals surface area contributed by atoms with Gasteiger partial charge in [-0.15, -0.1) is 0 Å². The average Bonchev–Trinajstić information content (AvgIpc) is 2.73. The van der Waals surface area contributed by atoms with E-state index in [1.807, 2.05) is 49.4 Å². The largest absolute Gasteiger partial charge is 0.497 e. The van der Waals surface area contributed by atoms with Crippen LogP contribution in [0.15, 0.2) is 42.5 Å². The molecule has 2 N–H and O–H groups in total. The summed E-state index contributed by atoms with van der Waals surface area (Å²) in [4.78, 5) is 9.01. The molecule has 0 saturated heterocycles. The van der Waals surface area contributed by atoms with Crippen LogP contribution < -0.4 is 29.6 Å². The predicted molar refractivity (Wildman–Crippen MR) is 112 cm³/mol. The summed E-state index contributed by atoms with van der Waals surface area (Å²) in [5.74, 6) is 3.70. The minimum Gasteiger partial charge on any atom is -0.497 e. The molecule has 3 rings (SSSR count). The Morgan fingerprint density at radius 2 is 1.41 bits per heavy atom. The number of ether oxygens (including phenoxy) is 4. The fraction of sp³-hybridized carbons (Fsp3) is 0.238. The summed E-state index contributed by atoms with van der Waals surface area (Å²) in [6, 6.07) is 12.9. The second kappa shape index (κ2) is 9.01. The Hall–Kier alpha value is -3.68. The summed E-state index contributed by atoms with van der Waals surface area (Å²) in [6.07, 6.45) is 0. The molecular formula is C21H24N4O4. The van der Waals surface area contributed by atoms with Gasteiger partial charge in [0, 0.05) is 29.6 Å². The van der Waals surface area contributed by atoms with Gasteiger partial charge in [-0.1, -0.05) is 0 Å². The van der Waals surface area contributed by atoms with E-state index in [2.05, 4.69) is 20.6 Å². The van der Waals surface area contributed by atoms with Crippen molar-refractivity contribution in [1.82, 2.24) is 9.97 Å². The smallest absolute Gasteiger partial charge is 0.229 e. The van der Waals surface area contributed by atoms with Gasteiger partial charge < -0.3 is 29.6 Å². The zero-order chi connectivity index (χ0) is 20.8. The standard InChI is InChI=1S/C21H24N4O4/c1-13-10-20(23-14-6-8-18(28-4)19(11-14)29-5)25-21(22-13)24-16-12-15(26-2)7-9-17(16)27-3/h6-12H,1-5H3,(H2,22,23,24,25). The van der Waals surface area contributed by atoms with Gasteiger partial charge in [-0.2, -0.15) is 4.98 Å². The molecule has 0 aliphatic carbocycles. The molecule has 8 heteroatoms. The molecule has 0 aliphatic rings. The number of methoxy groups -OCH3 is 4. The van der Waals surface area contributed by atoms with Crippen molar-refractivity contribution in [3.63, 3.8) is 0 Å². The first-order valence-corrected chi connectivity index (χ1v) is 8.90.